The third-order valence-electron chi connectivity index (χ3n) is 1.98. The lowest BCUT2D eigenvalue weighted by Gasteiger charge is -1.98. The number of carbonyl (C=O) groups excluding carboxylic acids is 2. The number of carbonyl (C=O) groups is 2. The lowest BCUT2D eigenvalue weighted by molar-refractivity contribution is -0.107. The van der Waals surface area contributed by atoms with E-state index in [0.29, 0.717) is 11.8 Å². The minimum Gasteiger partial charge on any atom is -0.306 e. The van der Waals surface area contributed by atoms with Crippen LogP contribution in [0.2, 0.25) is 0 Å². The highest BCUT2D eigenvalue weighted by Crippen LogP contribution is 2.06. The lowest BCUT2D eigenvalue weighted by atomic mass is 10.1. The van der Waals surface area contributed by atoms with Crippen molar-refractivity contribution >= 4 is 17.7 Å². The van der Waals surface area contributed by atoms with Crippen molar-refractivity contribution in [3.63, 3.8) is 0 Å². The third-order valence-corrected chi connectivity index (χ3v) is 1.98. The number of aldehydes is 1. The highest BCUT2D eigenvalue weighted by molar-refractivity contribution is 6.02. The predicted molar refractivity (Wildman–Crippen MR) is 50.2 cm³/mol. The van der Waals surface area contributed by atoms with Crippen molar-refractivity contribution in [1.29, 1.82) is 0 Å². The van der Waals surface area contributed by atoms with Crippen LogP contribution in [-0.2, 0) is 4.79 Å². The van der Waals surface area contributed by atoms with Crippen molar-refractivity contribution in [2.45, 2.75) is 6.42 Å². The maximum atomic E-state index is 11.3. The molecule has 4 heteroatoms. The van der Waals surface area contributed by atoms with Crippen molar-refractivity contribution in [3.8, 4) is 0 Å². The predicted octanol–water partition coefficient (Wildman–Crippen LogP) is 1.11. The van der Waals surface area contributed by atoms with Gasteiger partial charge in [0.1, 0.15) is 11.9 Å². The molecule has 0 bridgehead atoms. The van der Waals surface area contributed by atoms with Gasteiger partial charge in [0, 0.05) is 24.2 Å². The van der Waals surface area contributed by atoms with E-state index in [1.54, 1.807) is 35.1 Å². The van der Waals surface area contributed by atoms with Crippen molar-refractivity contribution in [2.75, 3.05) is 0 Å². The summed E-state index contributed by atoms with van der Waals surface area (Å²) >= 11 is 0. The third kappa shape index (κ3) is 1.42. The largest absolute Gasteiger partial charge is 0.306 e. The summed E-state index contributed by atoms with van der Waals surface area (Å²) in [6.07, 6.45) is 5.63. The maximum absolute atomic E-state index is 11.3. The number of nitrogens with zero attached hydrogens (tertiary/aromatic N) is 2. The van der Waals surface area contributed by atoms with Gasteiger partial charge >= 0.3 is 0 Å². The van der Waals surface area contributed by atoms with Crippen molar-refractivity contribution in [3.05, 3.63) is 36.3 Å². The number of Topliss-reactive ketones (excluding diaryl/α,β-unsaturated/α-hetero) is 1. The number of fused-ring (bicyclic) bond motifs is 1. The monoisotopic (exact) mass is 188 g/mol. The molecule has 70 valence electrons. The number of hydrogen-bond donors (Lipinski definition) is 0. The van der Waals surface area contributed by atoms with Crippen LogP contribution in [0.15, 0.2) is 30.7 Å². The molecule has 2 heterocycles. The molecule has 0 N–H and O–H groups in total. The Morgan fingerprint density at radius 1 is 1.50 bits per heavy atom. The SMILES string of the molecule is O=CCC(=O)c1ccc2nccn2c1. The molecule has 0 saturated heterocycles. The van der Waals surface area contributed by atoms with Crippen LogP contribution in [0.25, 0.3) is 5.65 Å². The van der Waals surface area contributed by atoms with Crippen LogP contribution in [-0.4, -0.2) is 21.5 Å². The number of ketones is 1. The molecule has 14 heavy (non-hydrogen) atoms. The van der Waals surface area contributed by atoms with Crippen LogP contribution in [0.4, 0.5) is 0 Å². The Balaban J connectivity index is 2.43. The molecular formula is C10H8N2O2. The molecule has 0 aliphatic heterocycles. The number of hydrogen-bond acceptors (Lipinski definition) is 3. The second-order valence-electron chi connectivity index (χ2n) is 2.90. The van der Waals surface area contributed by atoms with Crippen LogP contribution in [0.1, 0.15) is 16.8 Å². The van der Waals surface area contributed by atoms with E-state index in [4.69, 9.17) is 0 Å². The van der Waals surface area contributed by atoms with Crippen molar-refractivity contribution in [2.24, 2.45) is 0 Å². The Morgan fingerprint density at radius 2 is 2.36 bits per heavy atom. The van der Waals surface area contributed by atoms with Gasteiger partial charge in [-0.25, -0.2) is 4.98 Å². The van der Waals surface area contributed by atoms with Crippen LogP contribution in [0, 0.1) is 0 Å². The number of imidazole rings is 1. The molecule has 0 amide bonds. The maximum Gasteiger partial charge on any atom is 0.171 e. The zero-order valence-electron chi connectivity index (χ0n) is 7.38. The quantitative estimate of drug-likeness (QED) is 0.412. The van der Waals surface area contributed by atoms with Gasteiger partial charge in [0.2, 0.25) is 0 Å². The van der Waals surface area contributed by atoms with E-state index < -0.39 is 0 Å². The van der Waals surface area contributed by atoms with Gasteiger partial charge < -0.3 is 9.20 Å². The van der Waals surface area contributed by atoms with Crippen LogP contribution < -0.4 is 0 Å². The Hall–Kier alpha value is -1.97. The van der Waals surface area contributed by atoms with Crippen LogP contribution in [0.3, 0.4) is 0 Å². The first-order valence-corrected chi connectivity index (χ1v) is 4.21. The topological polar surface area (TPSA) is 51.4 Å². The molecule has 0 saturated carbocycles. The average Bonchev–Trinajstić information content (AvgIpc) is 2.64. The first-order valence-electron chi connectivity index (χ1n) is 4.21. The van der Waals surface area contributed by atoms with Gasteiger partial charge in [-0.2, -0.15) is 0 Å². The van der Waals surface area contributed by atoms with E-state index in [0.717, 1.165) is 5.65 Å². The summed E-state index contributed by atoms with van der Waals surface area (Å²) in [5.74, 6) is -0.171. The Labute approximate surface area is 80.2 Å². The van der Waals surface area contributed by atoms with Gasteiger partial charge in [-0.15, -0.1) is 0 Å². The summed E-state index contributed by atoms with van der Waals surface area (Å²) < 4.78 is 1.75. The van der Waals surface area contributed by atoms with E-state index in [2.05, 4.69) is 4.98 Å². The fourth-order valence-electron chi connectivity index (χ4n) is 1.28. The zero-order chi connectivity index (χ0) is 9.97. The van der Waals surface area contributed by atoms with Crippen molar-refractivity contribution in [1.82, 2.24) is 9.38 Å². The van der Waals surface area contributed by atoms with Gasteiger partial charge in [-0.1, -0.05) is 0 Å². The zero-order valence-corrected chi connectivity index (χ0v) is 7.38. The van der Waals surface area contributed by atoms with Gasteiger partial charge in [0.05, 0.1) is 6.42 Å². The molecule has 0 aromatic carbocycles. The molecule has 0 radical (unpaired) electrons. The van der Waals surface area contributed by atoms with Gasteiger partial charge in [0.15, 0.2) is 5.78 Å². The average molecular weight is 188 g/mol. The molecule has 0 atom stereocenters. The minimum atomic E-state index is -0.171. The standard InChI is InChI=1S/C10H8N2O2/c13-6-3-9(14)8-1-2-10-11-4-5-12(10)7-8/h1-2,4-7H,3H2. The fourth-order valence-corrected chi connectivity index (χ4v) is 1.28. The second-order valence-corrected chi connectivity index (χ2v) is 2.90. The van der Waals surface area contributed by atoms with E-state index in [1.807, 2.05) is 0 Å². The molecule has 4 nitrogen and oxygen atoms in total. The Morgan fingerprint density at radius 3 is 3.14 bits per heavy atom. The smallest absolute Gasteiger partial charge is 0.171 e. The molecule has 2 rings (SSSR count). The molecule has 0 spiro atoms. The summed E-state index contributed by atoms with van der Waals surface area (Å²) in [6.45, 7) is 0. The molecule has 0 unspecified atom stereocenters. The molecule has 2 aromatic rings. The molecule has 0 aliphatic rings. The summed E-state index contributed by atoms with van der Waals surface area (Å²) in [4.78, 5) is 25.6. The first-order chi connectivity index (χ1) is 6.81. The fraction of sp³-hybridized carbons (Fsp3) is 0.100. The van der Waals surface area contributed by atoms with E-state index in [9.17, 15) is 9.59 Å². The summed E-state index contributed by atoms with van der Waals surface area (Å²) in [6, 6.07) is 3.42. The van der Waals surface area contributed by atoms with Crippen molar-refractivity contribution < 1.29 is 9.59 Å². The first kappa shape index (κ1) is 8.62. The van der Waals surface area contributed by atoms with Gasteiger partial charge in [-0.3, -0.25) is 4.79 Å². The number of aromatic nitrogens is 2. The van der Waals surface area contributed by atoms with Gasteiger partial charge in [-0.05, 0) is 12.1 Å². The summed E-state index contributed by atoms with van der Waals surface area (Å²) in [5.41, 5.74) is 1.32. The molecular weight excluding hydrogens is 180 g/mol. The summed E-state index contributed by atoms with van der Waals surface area (Å²) in [5, 5.41) is 0. The normalized spacial score (nSPS) is 10.3. The molecule has 0 aliphatic carbocycles. The highest BCUT2D eigenvalue weighted by atomic mass is 16.1. The molecule has 0 fully saturated rings. The highest BCUT2D eigenvalue weighted by Gasteiger charge is 2.05. The van der Waals surface area contributed by atoms with E-state index >= 15 is 0 Å². The van der Waals surface area contributed by atoms with E-state index in [1.165, 1.54) is 0 Å². The Kier molecular flexibility index (Phi) is 2.10. The number of rotatable bonds is 3. The van der Waals surface area contributed by atoms with Crippen LogP contribution >= 0.6 is 0 Å². The van der Waals surface area contributed by atoms with Crippen LogP contribution in [0.5, 0.6) is 0 Å². The molecule has 2 aromatic heterocycles. The minimum absolute atomic E-state index is 0.0692. The summed E-state index contributed by atoms with van der Waals surface area (Å²) in [7, 11) is 0. The second kappa shape index (κ2) is 3.41. The lowest BCUT2D eigenvalue weighted by Crippen LogP contribution is -2.01. The number of pyridine rings is 1. The van der Waals surface area contributed by atoms with Gasteiger partial charge in [0.25, 0.3) is 0 Å². The van der Waals surface area contributed by atoms with E-state index in [-0.39, 0.29) is 12.2 Å². The Bertz CT molecular complexity index is 488.